The van der Waals surface area contributed by atoms with Gasteiger partial charge in [-0.3, -0.25) is 0 Å². The summed E-state index contributed by atoms with van der Waals surface area (Å²) in [4.78, 5) is 10.7. The number of thiophene rings is 1. The van der Waals surface area contributed by atoms with E-state index in [0.29, 0.717) is 12.4 Å². The number of carbonyl (C=O) groups is 1. The maximum Gasteiger partial charge on any atom is 0.346 e. The van der Waals surface area contributed by atoms with Gasteiger partial charge in [-0.05, 0) is 0 Å². The molecule has 0 saturated heterocycles. The van der Waals surface area contributed by atoms with Crippen molar-refractivity contribution in [2.45, 2.75) is 0 Å². The van der Waals surface area contributed by atoms with Gasteiger partial charge in [-0.15, -0.1) is 11.3 Å². The van der Waals surface area contributed by atoms with E-state index in [1.807, 2.05) is 0 Å². The first kappa shape index (κ1) is 8.80. The third-order valence-electron chi connectivity index (χ3n) is 1.15. The Hall–Kier alpha value is -1.29. The number of ether oxygens (including phenoxy) is 1. The summed E-state index contributed by atoms with van der Waals surface area (Å²) in [6.45, 7) is 3.88. The molecule has 0 aliphatic carbocycles. The van der Waals surface area contributed by atoms with E-state index in [9.17, 15) is 4.79 Å². The summed E-state index contributed by atoms with van der Waals surface area (Å²) in [5.74, 6) is -0.342. The highest BCUT2D eigenvalue weighted by molar-refractivity contribution is 7.12. The molecular formula is C8H8O3S. The van der Waals surface area contributed by atoms with E-state index in [2.05, 4.69) is 6.58 Å². The number of hydrogen-bond acceptors (Lipinski definition) is 3. The van der Waals surface area contributed by atoms with Gasteiger partial charge in [-0.25, -0.2) is 4.79 Å². The highest BCUT2D eigenvalue weighted by Gasteiger charge is 2.06. The number of carboxylic acid groups (broad SMARTS) is 1. The maximum atomic E-state index is 10.4. The second-order valence-electron chi connectivity index (χ2n) is 2.05. The summed E-state index contributed by atoms with van der Waals surface area (Å²) < 4.78 is 5.12. The van der Waals surface area contributed by atoms with Crippen LogP contribution in [-0.2, 0) is 0 Å². The molecule has 0 aliphatic heterocycles. The lowest BCUT2D eigenvalue weighted by Gasteiger charge is -1.95. The quantitative estimate of drug-likeness (QED) is 0.728. The zero-order valence-electron chi connectivity index (χ0n) is 6.32. The van der Waals surface area contributed by atoms with Crippen molar-refractivity contribution in [3.63, 3.8) is 0 Å². The molecule has 0 saturated carbocycles. The Morgan fingerprint density at radius 3 is 3.08 bits per heavy atom. The van der Waals surface area contributed by atoms with E-state index in [4.69, 9.17) is 9.84 Å². The lowest BCUT2D eigenvalue weighted by Crippen LogP contribution is -1.92. The molecule has 0 bridgehead atoms. The molecule has 64 valence electrons. The summed E-state index contributed by atoms with van der Waals surface area (Å²) in [6.07, 6.45) is 1.61. The van der Waals surface area contributed by atoms with Crippen molar-refractivity contribution in [1.82, 2.24) is 0 Å². The summed E-state index contributed by atoms with van der Waals surface area (Å²) in [5.41, 5.74) is 0. The Bertz CT molecular complexity index is 290. The highest BCUT2D eigenvalue weighted by atomic mass is 32.1. The van der Waals surface area contributed by atoms with Crippen LogP contribution < -0.4 is 4.74 Å². The fourth-order valence-electron chi connectivity index (χ4n) is 0.662. The molecule has 1 aromatic heterocycles. The summed E-state index contributed by atoms with van der Waals surface area (Å²) in [5, 5.41) is 10.2. The van der Waals surface area contributed by atoms with E-state index in [0.717, 1.165) is 11.3 Å². The van der Waals surface area contributed by atoms with Crippen molar-refractivity contribution in [2.24, 2.45) is 0 Å². The van der Waals surface area contributed by atoms with Crippen LogP contribution in [0.3, 0.4) is 0 Å². The minimum absolute atomic E-state index is 0.286. The number of carboxylic acids is 1. The van der Waals surface area contributed by atoms with Crippen molar-refractivity contribution in [3.05, 3.63) is 29.0 Å². The van der Waals surface area contributed by atoms with Crippen LogP contribution in [0, 0.1) is 0 Å². The fourth-order valence-corrected chi connectivity index (χ4v) is 1.33. The third kappa shape index (κ3) is 2.10. The monoisotopic (exact) mass is 184 g/mol. The summed E-state index contributed by atoms with van der Waals surface area (Å²) >= 11 is 1.15. The number of hydrogen-bond donors (Lipinski definition) is 1. The van der Waals surface area contributed by atoms with Crippen LogP contribution in [0.5, 0.6) is 5.75 Å². The van der Waals surface area contributed by atoms with Gasteiger partial charge in [0.05, 0.1) is 0 Å². The lowest BCUT2D eigenvalue weighted by atomic mass is 10.4. The van der Waals surface area contributed by atoms with Gasteiger partial charge < -0.3 is 9.84 Å². The summed E-state index contributed by atoms with van der Waals surface area (Å²) in [6, 6.07) is 1.50. The molecule has 0 atom stereocenters. The molecule has 0 spiro atoms. The average molecular weight is 184 g/mol. The van der Waals surface area contributed by atoms with E-state index in [1.54, 1.807) is 11.5 Å². The number of aromatic carboxylic acids is 1. The van der Waals surface area contributed by atoms with Crippen LogP contribution >= 0.6 is 11.3 Å². The van der Waals surface area contributed by atoms with Crippen molar-refractivity contribution < 1.29 is 14.6 Å². The molecule has 0 aliphatic rings. The molecule has 0 amide bonds. The Labute approximate surface area is 73.9 Å². The zero-order chi connectivity index (χ0) is 8.97. The molecular weight excluding hydrogens is 176 g/mol. The van der Waals surface area contributed by atoms with Crippen LogP contribution in [0.1, 0.15) is 9.67 Å². The molecule has 0 unspecified atom stereocenters. The first-order valence-corrected chi connectivity index (χ1v) is 4.17. The first-order chi connectivity index (χ1) is 5.74. The number of rotatable bonds is 4. The molecule has 3 nitrogen and oxygen atoms in total. The predicted molar refractivity (Wildman–Crippen MR) is 47.0 cm³/mol. The SMILES string of the molecule is C=CCOc1csc(C(=O)O)c1. The fraction of sp³-hybridized carbons (Fsp3) is 0.125. The van der Waals surface area contributed by atoms with Crippen LogP contribution in [0.4, 0.5) is 0 Å². The Morgan fingerprint density at radius 2 is 2.58 bits per heavy atom. The van der Waals surface area contributed by atoms with Gasteiger partial charge >= 0.3 is 5.97 Å². The molecule has 1 N–H and O–H groups in total. The van der Waals surface area contributed by atoms with Gasteiger partial charge in [0.2, 0.25) is 0 Å². The third-order valence-corrected chi connectivity index (χ3v) is 2.05. The van der Waals surface area contributed by atoms with Gasteiger partial charge in [-0.1, -0.05) is 12.7 Å². The van der Waals surface area contributed by atoms with E-state index in [1.165, 1.54) is 6.07 Å². The molecule has 0 aromatic carbocycles. The normalized spacial score (nSPS) is 9.33. The Balaban J connectivity index is 2.64. The van der Waals surface area contributed by atoms with Gasteiger partial charge in [0.25, 0.3) is 0 Å². The largest absolute Gasteiger partial charge is 0.489 e. The predicted octanol–water partition coefficient (Wildman–Crippen LogP) is 2.01. The maximum absolute atomic E-state index is 10.4. The molecule has 1 aromatic rings. The molecule has 12 heavy (non-hydrogen) atoms. The van der Waals surface area contributed by atoms with Crippen molar-refractivity contribution in [3.8, 4) is 5.75 Å². The van der Waals surface area contributed by atoms with Crippen LogP contribution in [0.15, 0.2) is 24.1 Å². The average Bonchev–Trinajstić information content (AvgIpc) is 2.48. The van der Waals surface area contributed by atoms with Gasteiger partial charge in [0, 0.05) is 11.4 Å². The second kappa shape index (κ2) is 3.92. The van der Waals surface area contributed by atoms with E-state index < -0.39 is 5.97 Å². The smallest absolute Gasteiger partial charge is 0.346 e. The molecule has 4 heteroatoms. The molecule has 0 radical (unpaired) electrons. The molecule has 1 rings (SSSR count). The van der Waals surface area contributed by atoms with Crippen molar-refractivity contribution >= 4 is 17.3 Å². The molecule has 0 fully saturated rings. The zero-order valence-corrected chi connectivity index (χ0v) is 7.13. The molecule has 1 heterocycles. The second-order valence-corrected chi connectivity index (χ2v) is 2.96. The highest BCUT2D eigenvalue weighted by Crippen LogP contribution is 2.21. The lowest BCUT2D eigenvalue weighted by molar-refractivity contribution is 0.0702. The topological polar surface area (TPSA) is 46.5 Å². The van der Waals surface area contributed by atoms with Gasteiger partial charge in [0.1, 0.15) is 17.2 Å². The van der Waals surface area contributed by atoms with E-state index in [-0.39, 0.29) is 4.88 Å². The Kier molecular flexibility index (Phi) is 2.88. The van der Waals surface area contributed by atoms with E-state index >= 15 is 0 Å². The van der Waals surface area contributed by atoms with Gasteiger partial charge in [-0.2, -0.15) is 0 Å². The van der Waals surface area contributed by atoms with Crippen LogP contribution in [0.2, 0.25) is 0 Å². The first-order valence-electron chi connectivity index (χ1n) is 3.29. The van der Waals surface area contributed by atoms with Crippen molar-refractivity contribution in [2.75, 3.05) is 6.61 Å². The Morgan fingerprint density at radius 1 is 1.83 bits per heavy atom. The summed E-state index contributed by atoms with van der Waals surface area (Å²) in [7, 11) is 0. The van der Waals surface area contributed by atoms with Crippen LogP contribution in [-0.4, -0.2) is 17.7 Å². The minimum Gasteiger partial charge on any atom is -0.489 e. The van der Waals surface area contributed by atoms with Crippen LogP contribution in [0.25, 0.3) is 0 Å². The van der Waals surface area contributed by atoms with Crippen molar-refractivity contribution in [1.29, 1.82) is 0 Å². The minimum atomic E-state index is -0.923. The van der Waals surface area contributed by atoms with Gasteiger partial charge in [0.15, 0.2) is 0 Å². The standard InChI is InChI=1S/C8H8O3S/c1-2-3-11-6-4-7(8(9)10)12-5-6/h2,4-5H,1,3H2,(H,9,10).